The fourth-order valence-corrected chi connectivity index (χ4v) is 2.52. The van der Waals surface area contributed by atoms with Gasteiger partial charge in [-0.25, -0.2) is 4.79 Å². The number of carbonyl (C=O) groups is 2. The van der Waals surface area contributed by atoms with Gasteiger partial charge in [0.05, 0.1) is 18.8 Å². The highest BCUT2D eigenvalue weighted by Crippen LogP contribution is 2.29. The number of hydrogen-bond acceptors (Lipinski definition) is 5. The molecule has 0 aliphatic heterocycles. The Morgan fingerprint density at radius 2 is 1.70 bits per heavy atom. The first kappa shape index (κ1) is 20.5. The van der Waals surface area contributed by atoms with Crippen molar-refractivity contribution in [1.29, 1.82) is 0 Å². The molecule has 0 amide bonds. The van der Waals surface area contributed by atoms with Gasteiger partial charge < -0.3 is 14.2 Å². The molecule has 0 aliphatic carbocycles. The molecule has 5 nitrogen and oxygen atoms in total. The Bertz CT molecular complexity index is 737. The summed E-state index contributed by atoms with van der Waals surface area (Å²) in [4.78, 5) is 23.3. The summed E-state index contributed by atoms with van der Waals surface area (Å²) in [5.41, 5.74) is 0.869. The molecule has 27 heavy (non-hydrogen) atoms. The van der Waals surface area contributed by atoms with E-state index >= 15 is 0 Å². The van der Waals surface area contributed by atoms with E-state index in [1.807, 2.05) is 6.92 Å². The van der Waals surface area contributed by atoms with Crippen molar-refractivity contribution in [2.24, 2.45) is 0 Å². The Morgan fingerprint density at radius 1 is 0.926 bits per heavy atom. The van der Waals surface area contributed by atoms with Gasteiger partial charge in [-0.1, -0.05) is 26.2 Å². The maximum absolute atomic E-state index is 12.4. The molecule has 0 atom stereocenters. The van der Waals surface area contributed by atoms with Gasteiger partial charge in [0.15, 0.2) is 11.5 Å². The van der Waals surface area contributed by atoms with Crippen molar-refractivity contribution in [3.05, 3.63) is 53.6 Å². The van der Waals surface area contributed by atoms with Crippen LogP contribution in [0.1, 0.15) is 60.2 Å². The lowest BCUT2D eigenvalue weighted by atomic mass is 10.2. The molecular weight excluding hydrogens is 344 g/mol. The molecule has 0 heterocycles. The van der Waals surface area contributed by atoms with E-state index in [0.29, 0.717) is 30.1 Å². The molecule has 0 saturated carbocycles. The summed E-state index contributed by atoms with van der Waals surface area (Å²) in [6.45, 7) is 5.06. The second kappa shape index (κ2) is 11.0. The summed E-state index contributed by atoms with van der Waals surface area (Å²) in [5.74, 6) is 0.879. The summed E-state index contributed by atoms with van der Waals surface area (Å²) in [6.07, 6.45) is 5.31. The first-order valence-corrected chi connectivity index (χ1v) is 9.35. The van der Waals surface area contributed by atoms with E-state index in [1.54, 1.807) is 42.5 Å². The van der Waals surface area contributed by atoms with Crippen molar-refractivity contribution < 1.29 is 23.8 Å². The molecule has 0 fully saturated rings. The largest absolute Gasteiger partial charge is 0.494 e. The van der Waals surface area contributed by atoms with E-state index in [4.69, 9.17) is 14.2 Å². The van der Waals surface area contributed by atoms with E-state index in [9.17, 15) is 9.59 Å². The highest BCUT2D eigenvalue weighted by atomic mass is 16.6. The minimum absolute atomic E-state index is 0.281. The van der Waals surface area contributed by atoms with E-state index in [2.05, 4.69) is 6.92 Å². The van der Waals surface area contributed by atoms with Crippen LogP contribution in [0.5, 0.6) is 17.2 Å². The van der Waals surface area contributed by atoms with Crippen LogP contribution in [-0.4, -0.2) is 25.5 Å². The van der Waals surface area contributed by atoms with Crippen LogP contribution in [0.3, 0.4) is 0 Å². The summed E-state index contributed by atoms with van der Waals surface area (Å²) in [7, 11) is 0. The minimum Gasteiger partial charge on any atom is -0.494 e. The number of unbranched alkanes of at least 4 members (excludes halogenated alkanes) is 3. The van der Waals surface area contributed by atoms with Gasteiger partial charge in [-0.05, 0) is 55.8 Å². The monoisotopic (exact) mass is 370 g/mol. The minimum atomic E-state index is -0.496. The SMILES string of the molecule is CCCCCCOc1ccc(C(=O)Oc2ccc(C=O)cc2OCC)cc1. The van der Waals surface area contributed by atoms with Gasteiger partial charge in [-0.15, -0.1) is 0 Å². The smallest absolute Gasteiger partial charge is 0.343 e. The molecule has 2 aromatic rings. The average Bonchev–Trinajstić information content (AvgIpc) is 2.69. The van der Waals surface area contributed by atoms with E-state index in [-0.39, 0.29) is 5.75 Å². The van der Waals surface area contributed by atoms with Crippen molar-refractivity contribution in [2.75, 3.05) is 13.2 Å². The number of ether oxygens (including phenoxy) is 3. The molecule has 0 saturated heterocycles. The summed E-state index contributed by atoms with van der Waals surface area (Å²) in [6, 6.07) is 11.5. The quantitative estimate of drug-likeness (QED) is 0.239. The molecule has 2 aromatic carbocycles. The van der Waals surface area contributed by atoms with Gasteiger partial charge in [-0.2, -0.15) is 0 Å². The third-order valence-electron chi connectivity index (χ3n) is 3.96. The molecule has 144 valence electrons. The van der Waals surface area contributed by atoms with Crippen LogP contribution >= 0.6 is 0 Å². The maximum atomic E-state index is 12.4. The van der Waals surface area contributed by atoms with Gasteiger partial charge >= 0.3 is 5.97 Å². The molecule has 5 heteroatoms. The summed E-state index contributed by atoms with van der Waals surface area (Å²) < 4.78 is 16.6. The van der Waals surface area contributed by atoms with Crippen molar-refractivity contribution in [3.63, 3.8) is 0 Å². The van der Waals surface area contributed by atoms with Crippen LogP contribution < -0.4 is 14.2 Å². The van der Waals surface area contributed by atoms with Crippen LogP contribution in [0.2, 0.25) is 0 Å². The van der Waals surface area contributed by atoms with Gasteiger partial charge in [0.2, 0.25) is 0 Å². The maximum Gasteiger partial charge on any atom is 0.343 e. The predicted octanol–water partition coefficient (Wildman–Crippen LogP) is 5.08. The lowest BCUT2D eigenvalue weighted by Crippen LogP contribution is -2.10. The normalized spacial score (nSPS) is 10.3. The van der Waals surface area contributed by atoms with Gasteiger partial charge in [0.1, 0.15) is 12.0 Å². The fraction of sp³-hybridized carbons (Fsp3) is 0.364. The van der Waals surface area contributed by atoms with Crippen molar-refractivity contribution in [3.8, 4) is 17.2 Å². The Hall–Kier alpha value is -2.82. The lowest BCUT2D eigenvalue weighted by Gasteiger charge is -2.11. The van der Waals surface area contributed by atoms with Gasteiger partial charge in [0.25, 0.3) is 0 Å². The molecule has 0 bridgehead atoms. The molecular formula is C22H26O5. The third-order valence-corrected chi connectivity index (χ3v) is 3.96. The number of esters is 1. The Morgan fingerprint density at radius 3 is 2.37 bits per heavy atom. The van der Waals surface area contributed by atoms with Crippen LogP contribution in [-0.2, 0) is 0 Å². The summed E-state index contributed by atoms with van der Waals surface area (Å²) >= 11 is 0. The van der Waals surface area contributed by atoms with Crippen molar-refractivity contribution in [2.45, 2.75) is 39.5 Å². The van der Waals surface area contributed by atoms with E-state index < -0.39 is 5.97 Å². The second-order valence-corrected chi connectivity index (χ2v) is 6.08. The first-order chi connectivity index (χ1) is 13.2. The summed E-state index contributed by atoms with van der Waals surface area (Å²) in [5, 5.41) is 0. The number of aldehydes is 1. The number of rotatable bonds is 11. The standard InChI is InChI=1S/C22H26O5/c1-3-5-6-7-14-26-19-11-9-18(10-12-19)22(24)27-20-13-8-17(16-23)15-21(20)25-4-2/h8-13,15-16H,3-7,14H2,1-2H3. The van der Waals surface area contributed by atoms with E-state index in [1.165, 1.54) is 12.8 Å². The van der Waals surface area contributed by atoms with Crippen molar-refractivity contribution in [1.82, 2.24) is 0 Å². The number of carbonyl (C=O) groups excluding carboxylic acids is 2. The topological polar surface area (TPSA) is 61.8 Å². The highest BCUT2D eigenvalue weighted by Gasteiger charge is 2.13. The molecule has 0 unspecified atom stereocenters. The number of hydrogen-bond donors (Lipinski definition) is 0. The van der Waals surface area contributed by atoms with Gasteiger partial charge in [0, 0.05) is 5.56 Å². The Labute approximate surface area is 160 Å². The zero-order valence-corrected chi connectivity index (χ0v) is 15.9. The van der Waals surface area contributed by atoms with Crippen molar-refractivity contribution >= 4 is 12.3 Å². The van der Waals surface area contributed by atoms with E-state index in [0.717, 1.165) is 24.9 Å². The first-order valence-electron chi connectivity index (χ1n) is 9.35. The molecule has 0 N–H and O–H groups in total. The zero-order chi connectivity index (χ0) is 19.5. The third kappa shape index (κ3) is 6.44. The van der Waals surface area contributed by atoms with Crippen LogP contribution in [0.15, 0.2) is 42.5 Å². The number of benzene rings is 2. The van der Waals surface area contributed by atoms with Crippen LogP contribution in [0, 0.1) is 0 Å². The highest BCUT2D eigenvalue weighted by molar-refractivity contribution is 5.91. The Kier molecular flexibility index (Phi) is 8.36. The Balaban J connectivity index is 1.97. The molecule has 0 radical (unpaired) electrons. The predicted molar refractivity (Wildman–Crippen MR) is 104 cm³/mol. The molecule has 0 aromatic heterocycles. The molecule has 2 rings (SSSR count). The molecule has 0 spiro atoms. The zero-order valence-electron chi connectivity index (χ0n) is 15.9. The van der Waals surface area contributed by atoms with Crippen LogP contribution in [0.4, 0.5) is 0 Å². The fourth-order valence-electron chi connectivity index (χ4n) is 2.52. The average molecular weight is 370 g/mol. The second-order valence-electron chi connectivity index (χ2n) is 6.08. The lowest BCUT2D eigenvalue weighted by molar-refractivity contribution is 0.0728. The molecule has 0 aliphatic rings. The van der Waals surface area contributed by atoms with Gasteiger partial charge in [-0.3, -0.25) is 4.79 Å². The van der Waals surface area contributed by atoms with Crippen LogP contribution in [0.25, 0.3) is 0 Å².